The van der Waals surface area contributed by atoms with Crippen LogP contribution in [-0.4, -0.2) is 34.1 Å². The lowest BCUT2D eigenvalue weighted by Gasteiger charge is -2.11. The minimum Gasteiger partial charge on any atom is -0.361 e. The molecule has 0 spiro atoms. The van der Waals surface area contributed by atoms with Crippen molar-refractivity contribution in [2.24, 2.45) is 12.0 Å². The van der Waals surface area contributed by atoms with Gasteiger partial charge in [-0.15, -0.1) is 0 Å². The number of aromatic nitrogens is 3. The summed E-state index contributed by atoms with van der Waals surface area (Å²) >= 11 is 0. The van der Waals surface area contributed by atoms with Gasteiger partial charge in [0.2, 0.25) is 0 Å². The molecule has 0 amide bonds. The van der Waals surface area contributed by atoms with Crippen LogP contribution in [0.4, 0.5) is 0 Å². The summed E-state index contributed by atoms with van der Waals surface area (Å²) in [7, 11) is 3.83. The van der Waals surface area contributed by atoms with Gasteiger partial charge < -0.3 is 20.2 Å². The zero-order chi connectivity index (χ0) is 18.6. The normalized spacial score (nSPS) is 12.0. The van der Waals surface area contributed by atoms with Crippen molar-refractivity contribution < 1.29 is 0 Å². The van der Waals surface area contributed by atoms with Crippen molar-refractivity contribution in [3.63, 3.8) is 0 Å². The number of aliphatic imine (C=N–C) groups is 1. The lowest BCUT2D eigenvalue weighted by atomic mass is 10.1. The van der Waals surface area contributed by atoms with Crippen molar-refractivity contribution in [3.05, 3.63) is 66.1 Å². The molecule has 0 atom stereocenters. The van der Waals surface area contributed by atoms with Crippen LogP contribution >= 0.6 is 0 Å². The minimum absolute atomic E-state index is 0.623. The van der Waals surface area contributed by atoms with Gasteiger partial charge in [-0.25, -0.2) is 4.98 Å². The van der Waals surface area contributed by atoms with Gasteiger partial charge in [-0.1, -0.05) is 30.3 Å². The van der Waals surface area contributed by atoms with Crippen LogP contribution < -0.4 is 10.6 Å². The third kappa shape index (κ3) is 3.51. The van der Waals surface area contributed by atoms with Crippen LogP contribution in [0.1, 0.15) is 11.4 Å². The summed E-state index contributed by atoms with van der Waals surface area (Å²) in [5.74, 6) is 1.76. The number of imidazole rings is 1. The average molecular weight is 360 g/mol. The molecule has 0 fully saturated rings. The van der Waals surface area contributed by atoms with Crippen LogP contribution in [0.25, 0.3) is 21.9 Å². The average Bonchev–Trinajstić information content (AvgIpc) is 3.26. The van der Waals surface area contributed by atoms with Gasteiger partial charge in [0.05, 0.1) is 17.6 Å². The number of aryl methyl sites for hydroxylation is 1. The first-order valence-corrected chi connectivity index (χ1v) is 9.16. The quantitative estimate of drug-likeness (QED) is 0.379. The number of rotatable bonds is 5. The summed E-state index contributed by atoms with van der Waals surface area (Å²) in [6.45, 7) is 1.43. The smallest absolute Gasteiger partial charge is 0.191 e. The molecule has 0 saturated heterocycles. The maximum atomic E-state index is 4.69. The second-order valence-corrected chi connectivity index (χ2v) is 6.54. The van der Waals surface area contributed by atoms with E-state index in [-0.39, 0.29) is 0 Å². The number of hydrogen-bond acceptors (Lipinski definition) is 2. The van der Waals surface area contributed by atoms with E-state index in [1.165, 1.54) is 16.5 Å². The molecule has 2 aromatic heterocycles. The van der Waals surface area contributed by atoms with Crippen LogP contribution in [0.2, 0.25) is 0 Å². The molecule has 138 valence electrons. The fourth-order valence-corrected chi connectivity index (χ4v) is 3.39. The Kier molecular flexibility index (Phi) is 4.78. The third-order valence-corrected chi connectivity index (χ3v) is 4.88. The van der Waals surface area contributed by atoms with Gasteiger partial charge in [0.25, 0.3) is 0 Å². The number of benzene rings is 2. The number of aromatic amines is 1. The number of H-pyrrole nitrogens is 1. The Morgan fingerprint density at radius 1 is 1.11 bits per heavy atom. The van der Waals surface area contributed by atoms with E-state index in [1.54, 1.807) is 7.05 Å². The lowest BCUT2D eigenvalue weighted by molar-refractivity contribution is 0.734. The summed E-state index contributed by atoms with van der Waals surface area (Å²) < 4.78 is 2.11. The molecule has 0 saturated carbocycles. The lowest BCUT2D eigenvalue weighted by Crippen LogP contribution is -2.38. The Balaban J connectivity index is 1.35. The van der Waals surface area contributed by atoms with Crippen LogP contribution in [0.5, 0.6) is 0 Å². The SMILES string of the molecule is CN=C(NCCc1c[nH]c2ccccc12)NCc1nc2ccccc2n1C. The van der Waals surface area contributed by atoms with Crippen molar-refractivity contribution in [3.8, 4) is 0 Å². The van der Waals surface area contributed by atoms with Crippen LogP contribution in [0.3, 0.4) is 0 Å². The van der Waals surface area contributed by atoms with Crippen molar-refractivity contribution in [1.82, 2.24) is 25.2 Å². The first-order valence-electron chi connectivity index (χ1n) is 9.16. The Morgan fingerprint density at radius 3 is 2.78 bits per heavy atom. The topological polar surface area (TPSA) is 70.0 Å². The highest BCUT2D eigenvalue weighted by molar-refractivity contribution is 5.83. The monoisotopic (exact) mass is 360 g/mol. The van der Waals surface area contributed by atoms with E-state index in [2.05, 4.69) is 60.6 Å². The highest BCUT2D eigenvalue weighted by Gasteiger charge is 2.08. The maximum absolute atomic E-state index is 4.69. The zero-order valence-electron chi connectivity index (χ0n) is 15.7. The highest BCUT2D eigenvalue weighted by Crippen LogP contribution is 2.17. The fourth-order valence-electron chi connectivity index (χ4n) is 3.39. The summed E-state index contributed by atoms with van der Waals surface area (Å²) in [6.07, 6.45) is 3.01. The van der Waals surface area contributed by atoms with E-state index in [0.29, 0.717) is 6.54 Å². The first kappa shape index (κ1) is 17.1. The van der Waals surface area contributed by atoms with Crippen molar-refractivity contribution in [2.45, 2.75) is 13.0 Å². The molecule has 27 heavy (non-hydrogen) atoms. The number of fused-ring (bicyclic) bond motifs is 2. The standard InChI is InChI=1S/C21H24N6/c1-22-21(23-12-11-15-13-24-17-8-4-3-7-16(15)17)25-14-20-26-18-9-5-6-10-19(18)27(20)2/h3-10,13,24H,11-12,14H2,1-2H3,(H2,22,23,25). The number of guanidine groups is 1. The van der Waals surface area contributed by atoms with E-state index >= 15 is 0 Å². The third-order valence-electron chi connectivity index (χ3n) is 4.88. The van der Waals surface area contributed by atoms with E-state index < -0.39 is 0 Å². The molecule has 0 radical (unpaired) electrons. The van der Waals surface area contributed by atoms with E-state index in [0.717, 1.165) is 35.8 Å². The van der Waals surface area contributed by atoms with Crippen molar-refractivity contribution >= 4 is 27.9 Å². The molecular weight excluding hydrogens is 336 g/mol. The fraction of sp³-hybridized carbons (Fsp3) is 0.238. The molecule has 2 aromatic carbocycles. The summed E-state index contributed by atoms with van der Waals surface area (Å²) in [4.78, 5) is 12.3. The van der Waals surface area contributed by atoms with Crippen LogP contribution in [0, 0.1) is 0 Å². The Hall–Kier alpha value is -3.28. The predicted molar refractivity (Wildman–Crippen MR) is 111 cm³/mol. The van der Waals surface area contributed by atoms with Crippen LogP contribution in [0.15, 0.2) is 59.7 Å². The Morgan fingerprint density at radius 2 is 1.93 bits per heavy atom. The summed E-state index contributed by atoms with van der Waals surface area (Å²) in [6, 6.07) is 16.5. The molecule has 6 nitrogen and oxygen atoms in total. The molecular formula is C21H24N6. The molecule has 0 aliphatic rings. The molecule has 0 aliphatic heterocycles. The van der Waals surface area contributed by atoms with Gasteiger partial charge in [-0.3, -0.25) is 4.99 Å². The van der Waals surface area contributed by atoms with Gasteiger partial charge >= 0.3 is 0 Å². The molecule has 2 heterocycles. The molecule has 3 N–H and O–H groups in total. The summed E-state index contributed by atoms with van der Waals surface area (Å²) in [5.41, 5.74) is 4.64. The van der Waals surface area contributed by atoms with Gasteiger partial charge in [0.15, 0.2) is 5.96 Å². The highest BCUT2D eigenvalue weighted by atomic mass is 15.2. The summed E-state index contributed by atoms with van der Waals surface area (Å²) in [5, 5.41) is 8.02. The molecule has 0 unspecified atom stereocenters. The number of para-hydroxylation sites is 3. The predicted octanol–water partition coefficient (Wildman–Crippen LogP) is 2.96. The van der Waals surface area contributed by atoms with E-state index in [1.807, 2.05) is 31.3 Å². The second-order valence-electron chi connectivity index (χ2n) is 6.54. The largest absolute Gasteiger partial charge is 0.361 e. The van der Waals surface area contributed by atoms with Gasteiger partial charge in [-0.05, 0) is 30.2 Å². The number of hydrogen-bond donors (Lipinski definition) is 3. The van der Waals surface area contributed by atoms with Gasteiger partial charge in [0, 0.05) is 37.7 Å². The Bertz CT molecular complexity index is 1090. The second kappa shape index (κ2) is 7.53. The first-order chi connectivity index (χ1) is 13.3. The Labute approximate surface area is 158 Å². The van der Waals surface area contributed by atoms with Crippen molar-refractivity contribution in [1.29, 1.82) is 0 Å². The molecule has 4 aromatic rings. The minimum atomic E-state index is 0.623. The van der Waals surface area contributed by atoms with Crippen molar-refractivity contribution in [2.75, 3.05) is 13.6 Å². The van der Waals surface area contributed by atoms with Gasteiger partial charge in [-0.2, -0.15) is 0 Å². The maximum Gasteiger partial charge on any atom is 0.191 e. The van der Waals surface area contributed by atoms with Gasteiger partial charge in [0.1, 0.15) is 5.82 Å². The molecule has 4 rings (SSSR count). The molecule has 6 heteroatoms. The molecule has 0 aliphatic carbocycles. The zero-order valence-corrected chi connectivity index (χ0v) is 15.7. The number of nitrogens with zero attached hydrogens (tertiary/aromatic N) is 3. The number of nitrogens with one attached hydrogen (secondary N) is 3. The van der Waals surface area contributed by atoms with E-state index in [4.69, 9.17) is 0 Å². The molecule has 0 bridgehead atoms. The van der Waals surface area contributed by atoms with Crippen LogP contribution in [-0.2, 0) is 20.0 Å². The van der Waals surface area contributed by atoms with E-state index in [9.17, 15) is 0 Å².